The van der Waals surface area contributed by atoms with Gasteiger partial charge in [0, 0.05) is 28.6 Å². The van der Waals surface area contributed by atoms with E-state index >= 15 is 0 Å². The first-order chi connectivity index (χ1) is 9.06. The number of carbonyl (C=O) groups is 1. The van der Waals surface area contributed by atoms with Crippen LogP contribution in [0.4, 0.5) is 5.69 Å². The standard InChI is InChI=1S/C14H16ClN3O/c1-10(16)13-6-3-7-18(13)9-14(19)17-12-5-2-4-11(15)8-12/h2-8,10H,9,16H2,1H3,(H,17,19). The van der Waals surface area contributed by atoms with E-state index in [9.17, 15) is 4.79 Å². The van der Waals surface area contributed by atoms with Gasteiger partial charge in [-0.05, 0) is 37.3 Å². The number of nitrogens with one attached hydrogen (secondary N) is 1. The van der Waals surface area contributed by atoms with Gasteiger partial charge in [0.05, 0.1) is 0 Å². The number of halogens is 1. The molecular formula is C14H16ClN3O. The second kappa shape index (κ2) is 5.91. The number of hydrogen-bond donors (Lipinski definition) is 2. The van der Waals surface area contributed by atoms with Gasteiger partial charge >= 0.3 is 0 Å². The maximum Gasteiger partial charge on any atom is 0.244 e. The molecule has 0 radical (unpaired) electrons. The first-order valence-corrected chi connectivity index (χ1v) is 6.40. The summed E-state index contributed by atoms with van der Waals surface area (Å²) in [6, 6.07) is 10.8. The zero-order valence-electron chi connectivity index (χ0n) is 10.6. The highest BCUT2D eigenvalue weighted by Gasteiger charge is 2.09. The summed E-state index contributed by atoms with van der Waals surface area (Å²) < 4.78 is 1.84. The molecule has 0 aliphatic heterocycles. The van der Waals surface area contributed by atoms with Crippen molar-refractivity contribution in [1.82, 2.24) is 4.57 Å². The monoisotopic (exact) mass is 277 g/mol. The van der Waals surface area contributed by atoms with Gasteiger partial charge in [-0.2, -0.15) is 0 Å². The SMILES string of the molecule is CC(N)c1cccn1CC(=O)Nc1cccc(Cl)c1. The third-order valence-electron chi connectivity index (χ3n) is 2.75. The van der Waals surface area contributed by atoms with Gasteiger partial charge in [-0.25, -0.2) is 0 Å². The zero-order valence-corrected chi connectivity index (χ0v) is 11.4. The van der Waals surface area contributed by atoms with Crippen LogP contribution in [-0.2, 0) is 11.3 Å². The van der Waals surface area contributed by atoms with Crippen molar-refractivity contribution in [3.63, 3.8) is 0 Å². The minimum atomic E-state index is -0.111. The Bertz CT molecular complexity index is 578. The lowest BCUT2D eigenvalue weighted by Gasteiger charge is -2.12. The summed E-state index contributed by atoms with van der Waals surface area (Å²) in [5.41, 5.74) is 7.46. The van der Waals surface area contributed by atoms with Crippen LogP contribution >= 0.6 is 11.6 Å². The number of nitrogens with zero attached hydrogens (tertiary/aromatic N) is 1. The van der Waals surface area contributed by atoms with E-state index in [4.69, 9.17) is 17.3 Å². The highest BCUT2D eigenvalue weighted by molar-refractivity contribution is 6.30. The Morgan fingerprint density at radius 1 is 1.42 bits per heavy atom. The first-order valence-electron chi connectivity index (χ1n) is 6.02. The average molecular weight is 278 g/mol. The van der Waals surface area contributed by atoms with Gasteiger partial charge in [0.2, 0.25) is 5.91 Å². The second-order valence-electron chi connectivity index (χ2n) is 4.41. The Hall–Kier alpha value is -1.78. The number of amides is 1. The van der Waals surface area contributed by atoms with Gasteiger partial charge in [0.15, 0.2) is 0 Å². The number of benzene rings is 1. The van der Waals surface area contributed by atoms with E-state index < -0.39 is 0 Å². The molecule has 2 aromatic rings. The van der Waals surface area contributed by atoms with E-state index in [1.54, 1.807) is 24.3 Å². The van der Waals surface area contributed by atoms with Gasteiger partial charge < -0.3 is 15.6 Å². The number of hydrogen-bond acceptors (Lipinski definition) is 2. The lowest BCUT2D eigenvalue weighted by molar-refractivity contribution is -0.116. The molecule has 0 fully saturated rings. The maximum atomic E-state index is 12.0. The van der Waals surface area contributed by atoms with Crippen molar-refractivity contribution < 1.29 is 4.79 Å². The summed E-state index contributed by atoms with van der Waals surface area (Å²) in [6.07, 6.45) is 1.84. The summed E-state index contributed by atoms with van der Waals surface area (Å²) in [4.78, 5) is 12.0. The topological polar surface area (TPSA) is 60.0 Å². The van der Waals surface area contributed by atoms with Crippen LogP contribution in [-0.4, -0.2) is 10.5 Å². The number of rotatable bonds is 4. The number of carbonyl (C=O) groups excluding carboxylic acids is 1. The molecule has 0 spiro atoms. The minimum Gasteiger partial charge on any atom is -0.341 e. The van der Waals surface area contributed by atoms with Gasteiger partial charge in [-0.3, -0.25) is 4.79 Å². The van der Waals surface area contributed by atoms with Gasteiger partial charge in [0.1, 0.15) is 6.54 Å². The molecule has 2 rings (SSSR count). The molecule has 1 aromatic heterocycles. The third-order valence-corrected chi connectivity index (χ3v) is 2.99. The Kier molecular flexibility index (Phi) is 4.24. The normalized spacial score (nSPS) is 12.2. The van der Waals surface area contributed by atoms with Crippen LogP contribution < -0.4 is 11.1 Å². The highest BCUT2D eigenvalue weighted by atomic mass is 35.5. The molecule has 4 nitrogen and oxygen atoms in total. The van der Waals surface area contributed by atoms with Crippen LogP contribution in [0.3, 0.4) is 0 Å². The van der Waals surface area contributed by atoms with Crippen molar-refractivity contribution in [2.45, 2.75) is 19.5 Å². The van der Waals surface area contributed by atoms with Crippen LogP contribution in [0.25, 0.3) is 0 Å². The lowest BCUT2D eigenvalue weighted by atomic mass is 10.2. The lowest BCUT2D eigenvalue weighted by Crippen LogP contribution is -2.21. The van der Waals surface area contributed by atoms with Gasteiger partial charge in [0.25, 0.3) is 0 Å². The predicted molar refractivity (Wildman–Crippen MR) is 77.1 cm³/mol. The summed E-state index contributed by atoms with van der Waals surface area (Å²) >= 11 is 5.86. The number of anilines is 1. The summed E-state index contributed by atoms with van der Waals surface area (Å²) in [6.45, 7) is 2.12. The Morgan fingerprint density at radius 2 is 2.21 bits per heavy atom. The molecule has 0 saturated heterocycles. The fraction of sp³-hybridized carbons (Fsp3) is 0.214. The molecule has 0 aliphatic carbocycles. The van der Waals surface area contributed by atoms with Gasteiger partial charge in [-0.1, -0.05) is 17.7 Å². The quantitative estimate of drug-likeness (QED) is 0.903. The molecule has 1 atom stereocenters. The Labute approximate surface area is 117 Å². The molecule has 3 N–H and O–H groups in total. The average Bonchev–Trinajstić information content (AvgIpc) is 2.76. The van der Waals surface area contributed by atoms with Crippen molar-refractivity contribution in [1.29, 1.82) is 0 Å². The molecule has 0 aliphatic rings. The summed E-state index contributed by atoms with van der Waals surface area (Å²) in [5.74, 6) is -0.111. The van der Waals surface area contributed by atoms with Crippen molar-refractivity contribution in [3.05, 3.63) is 53.3 Å². The van der Waals surface area contributed by atoms with Crippen molar-refractivity contribution in [2.24, 2.45) is 5.73 Å². The Morgan fingerprint density at radius 3 is 2.89 bits per heavy atom. The van der Waals surface area contributed by atoms with Gasteiger partial charge in [-0.15, -0.1) is 0 Å². The van der Waals surface area contributed by atoms with E-state index in [-0.39, 0.29) is 18.5 Å². The fourth-order valence-electron chi connectivity index (χ4n) is 1.91. The molecule has 5 heteroatoms. The van der Waals surface area contributed by atoms with Crippen LogP contribution in [0.5, 0.6) is 0 Å². The Balaban J connectivity index is 2.03. The summed E-state index contributed by atoms with van der Waals surface area (Å²) in [7, 11) is 0. The number of nitrogens with two attached hydrogens (primary N) is 1. The minimum absolute atomic E-state index is 0.103. The van der Waals surface area contributed by atoms with E-state index in [1.165, 1.54) is 0 Å². The molecule has 100 valence electrons. The fourth-order valence-corrected chi connectivity index (χ4v) is 2.10. The highest BCUT2D eigenvalue weighted by Crippen LogP contribution is 2.15. The molecule has 0 saturated carbocycles. The molecule has 1 heterocycles. The third kappa shape index (κ3) is 3.59. The van der Waals surface area contributed by atoms with Crippen LogP contribution in [0.15, 0.2) is 42.6 Å². The second-order valence-corrected chi connectivity index (χ2v) is 4.84. The van der Waals surface area contributed by atoms with Crippen LogP contribution in [0, 0.1) is 0 Å². The molecular weight excluding hydrogens is 262 g/mol. The number of aromatic nitrogens is 1. The van der Waals surface area contributed by atoms with E-state index in [0.717, 1.165) is 5.69 Å². The molecule has 1 amide bonds. The van der Waals surface area contributed by atoms with E-state index in [2.05, 4.69) is 5.32 Å². The largest absolute Gasteiger partial charge is 0.341 e. The van der Waals surface area contributed by atoms with E-state index in [0.29, 0.717) is 10.7 Å². The maximum absolute atomic E-state index is 12.0. The zero-order chi connectivity index (χ0) is 13.8. The van der Waals surface area contributed by atoms with Crippen LogP contribution in [0.1, 0.15) is 18.7 Å². The molecule has 0 bridgehead atoms. The molecule has 1 aromatic carbocycles. The summed E-state index contributed by atoms with van der Waals surface area (Å²) in [5, 5.41) is 3.39. The molecule has 19 heavy (non-hydrogen) atoms. The predicted octanol–water partition coefficient (Wildman–Crippen LogP) is 2.80. The van der Waals surface area contributed by atoms with Crippen molar-refractivity contribution in [2.75, 3.05) is 5.32 Å². The first kappa shape index (κ1) is 13.6. The van der Waals surface area contributed by atoms with Crippen LogP contribution in [0.2, 0.25) is 5.02 Å². The van der Waals surface area contributed by atoms with Crippen molar-refractivity contribution >= 4 is 23.2 Å². The molecule has 1 unspecified atom stereocenters. The van der Waals surface area contributed by atoms with Crippen molar-refractivity contribution in [3.8, 4) is 0 Å². The smallest absolute Gasteiger partial charge is 0.244 e. The van der Waals surface area contributed by atoms with E-state index in [1.807, 2.05) is 29.8 Å².